The lowest BCUT2D eigenvalue weighted by molar-refractivity contribution is 0.102. The van der Waals surface area contributed by atoms with Gasteiger partial charge in [-0.05, 0) is 36.1 Å². The minimum absolute atomic E-state index is 0.174. The standard InChI is InChI=1S/C17H18ClNO/c1-12(2)11-13-7-3-6-10-16(13)19-17(20)14-8-4-5-9-15(14)18/h3-10,12H,11H2,1-2H3,(H,19,20). The third kappa shape index (κ3) is 3.61. The Morgan fingerprint density at radius 3 is 2.45 bits per heavy atom. The Labute approximate surface area is 124 Å². The van der Waals surface area contributed by atoms with Crippen LogP contribution in [0.5, 0.6) is 0 Å². The van der Waals surface area contributed by atoms with Crippen molar-refractivity contribution in [3.8, 4) is 0 Å². The number of hydrogen-bond donors (Lipinski definition) is 1. The molecular weight excluding hydrogens is 270 g/mol. The lowest BCUT2D eigenvalue weighted by Gasteiger charge is -2.13. The molecule has 1 amide bonds. The Kier molecular flexibility index (Phi) is 4.80. The van der Waals surface area contributed by atoms with Crippen LogP contribution in [0.15, 0.2) is 48.5 Å². The molecule has 2 nitrogen and oxygen atoms in total. The highest BCUT2D eigenvalue weighted by atomic mass is 35.5. The van der Waals surface area contributed by atoms with Crippen LogP contribution in [0.4, 0.5) is 5.69 Å². The van der Waals surface area contributed by atoms with E-state index in [2.05, 4.69) is 19.2 Å². The summed E-state index contributed by atoms with van der Waals surface area (Å²) in [6.07, 6.45) is 0.930. The van der Waals surface area contributed by atoms with Crippen LogP contribution in [0.1, 0.15) is 29.8 Å². The van der Waals surface area contributed by atoms with Crippen molar-refractivity contribution in [2.45, 2.75) is 20.3 Å². The Hall–Kier alpha value is -1.80. The molecule has 0 spiro atoms. The summed E-state index contributed by atoms with van der Waals surface area (Å²) < 4.78 is 0. The van der Waals surface area contributed by atoms with E-state index in [1.54, 1.807) is 18.2 Å². The van der Waals surface area contributed by atoms with Crippen LogP contribution >= 0.6 is 11.6 Å². The van der Waals surface area contributed by atoms with Crippen molar-refractivity contribution >= 4 is 23.2 Å². The highest BCUT2D eigenvalue weighted by molar-refractivity contribution is 6.34. The average molecular weight is 288 g/mol. The molecule has 104 valence electrons. The van der Waals surface area contributed by atoms with E-state index in [0.29, 0.717) is 16.5 Å². The SMILES string of the molecule is CC(C)Cc1ccccc1NC(=O)c1ccccc1Cl. The lowest BCUT2D eigenvalue weighted by Crippen LogP contribution is -2.14. The number of carbonyl (C=O) groups excluding carboxylic acids is 1. The minimum Gasteiger partial charge on any atom is -0.322 e. The van der Waals surface area contributed by atoms with E-state index in [0.717, 1.165) is 17.7 Å². The van der Waals surface area contributed by atoms with Crippen molar-refractivity contribution < 1.29 is 4.79 Å². The maximum absolute atomic E-state index is 12.3. The maximum atomic E-state index is 12.3. The first-order valence-electron chi connectivity index (χ1n) is 6.71. The number of nitrogens with one attached hydrogen (secondary N) is 1. The van der Waals surface area contributed by atoms with Gasteiger partial charge in [0.1, 0.15) is 0 Å². The van der Waals surface area contributed by atoms with Gasteiger partial charge in [0.2, 0.25) is 0 Å². The zero-order valence-electron chi connectivity index (χ0n) is 11.7. The summed E-state index contributed by atoms with van der Waals surface area (Å²) in [6, 6.07) is 14.9. The van der Waals surface area contributed by atoms with Gasteiger partial charge in [-0.1, -0.05) is 55.8 Å². The molecule has 0 aliphatic rings. The molecule has 0 fully saturated rings. The van der Waals surface area contributed by atoms with E-state index in [4.69, 9.17) is 11.6 Å². The molecule has 20 heavy (non-hydrogen) atoms. The highest BCUT2D eigenvalue weighted by Crippen LogP contribution is 2.21. The van der Waals surface area contributed by atoms with E-state index in [9.17, 15) is 4.79 Å². The van der Waals surface area contributed by atoms with Gasteiger partial charge in [0.15, 0.2) is 0 Å². The Morgan fingerprint density at radius 1 is 1.10 bits per heavy atom. The van der Waals surface area contributed by atoms with Crippen molar-refractivity contribution in [2.24, 2.45) is 5.92 Å². The van der Waals surface area contributed by atoms with Crippen LogP contribution < -0.4 is 5.32 Å². The molecule has 2 aromatic rings. The number of amides is 1. The number of carbonyl (C=O) groups is 1. The van der Waals surface area contributed by atoms with E-state index in [1.807, 2.05) is 30.3 Å². The first-order valence-corrected chi connectivity index (χ1v) is 7.09. The largest absolute Gasteiger partial charge is 0.322 e. The fraction of sp³-hybridized carbons (Fsp3) is 0.235. The Balaban J connectivity index is 2.22. The molecular formula is C17H18ClNO. The summed E-state index contributed by atoms with van der Waals surface area (Å²) >= 11 is 6.05. The molecule has 0 aromatic heterocycles. The smallest absolute Gasteiger partial charge is 0.257 e. The van der Waals surface area contributed by atoms with Crippen molar-refractivity contribution in [3.63, 3.8) is 0 Å². The first-order chi connectivity index (χ1) is 9.58. The van der Waals surface area contributed by atoms with Crippen LogP contribution in [-0.2, 0) is 6.42 Å². The van der Waals surface area contributed by atoms with Gasteiger partial charge >= 0.3 is 0 Å². The third-order valence-electron chi connectivity index (χ3n) is 3.01. The van der Waals surface area contributed by atoms with Crippen molar-refractivity contribution in [2.75, 3.05) is 5.32 Å². The topological polar surface area (TPSA) is 29.1 Å². The van der Waals surface area contributed by atoms with Crippen molar-refractivity contribution in [1.82, 2.24) is 0 Å². The second-order valence-corrected chi connectivity index (χ2v) is 5.60. The third-order valence-corrected chi connectivity index (χ3v) is 3.34. The van der Waals surface area contributed by atoms with Crippen LogP contribution in [-0.4, -0.2) is 5.91 Å². The summed E-state index contributed by atoms with van der Waals surface area (Å²) in [6.45, 7) is 4.32. The summed E-state index contributed by atoms with van der Waals surface area (Å²) in [4.78, 5) is 12.3. The molecule has 0 heterocycles. The normalized spacial score (nSPS) is 10.6. The quantitative estimate of drug-likeness (QED) is 0.860. The molecule has 3 heteroatoms. The van der Waals surface area contributed by atoms with Crippen LogP contribution in [0.3, 0.4) is 0 Å². The molecule has 0 unspecified atom stereocenters. The summed E-state index contributed by atoms with van der Waals surface area (Å²) in [7, 11) is 0. The average Bonchev–Trinajstić information content (AvgIpc) is 2.41. The minimum atomic E-state index is -0.174. The molecule has 0 aliphatic carbocycles. The van der Waals surface area contributed by atoms with Crippen LogP contribution in [0.25, 0.3) is 0 Å². The Bertz CT molecular complexity index is 607. The molecule has 0 radical (unpaired) electrons. The molecule has 0 atom stereocenters. The highest BCUT2D eigenvalue weighted by Gasteiger charge is 2.12. The Morgan fingerprint density at radius 2 is 1.75 bits per heavy atom. The van der Waals surface area contributed by atoms with E-state index >= 15 is 0 Å². The van der Waals surface area contributed by atoms with E-state index in [1.165, 1.54) is 0 Å². The molecule has 0 saturated carbocycles. The maximum Gasteiger partial charge on any atom is 0.257 e. The number of benzene rings is 2. The summed E-state index contributed by atoms with van der Waals surface area (Å²) in [5.74, 6) is 0.361. The van der Waals surface area contributed by atoms with Gasteiger partial charge in [-0.25, -0.2) is 0 Å². The van der Waals surface area contributed by atoms with E-state index in [-0.39, 0.29) is 5.91 Å². The molecule has 0 bridgehead atoms. The van der Waals surface area contributed by atoms with Gasteiger partial charge in [-0.2, -0.15) is 0 Å². The lowest BCUT2D eigenvalue weighted by atomic mass is 10.0. The monoisotopic (exact) mass is 287 g/mol. The number of para-hydroxylation sites is 1. The number of rotatable bonds is 4. The van der Waals surface area contributed by atoms with Gasteiger partial charge in [0.05, 0.1) is 10.6 Å². The van der Waals surface area contributed by atoms with Gasteiger partial charge in [-0.15, -0.1) is 0 Å². The molecule has 0 aliphatic heterocycles. The van der Waals surface area contributed by atoms with Gasteiger partial charge in [0, 0.05) is 5.69 Å². The van der Waals surface area contributed by atoms with Crippen molar-refractivity contribution in [1.29, 1.82) is 0 Å². The fourth-order valence-corrected chi connectivity index (χ4v) is 2.32. The number of halogens is 1. The fourth-order valence-electron chi connectivity index (χ4n) is 2.10. The summed E-state index contributed by atoms with van der Waals surface area (Å²) in [5, 5.41) is 3.41. The van der Waals surface area contributed by atoms with Gasteiger partial charge in [0.25, 0.3) is 5.91 Å². The predicted molar refractivity (Wildman–Crippen MR) is 84.4 cm³/mol. The second-order valence-electron chi connectivity index (χ2n) is 5.19. The predicted octanol–water partition coefficient (Wildman–Crippen LogP) is 4.79. The van der Waals surface area contributed by atoms with Gasteiger partial charge < -0.3 is 5.32 Å². The van der Waals surface area contributed by atoms with Crippen LogP contribution in [0, 0.1) is 5.92 Å². The molecule has 2 rings (SSSR count). The van der Waals surface area contributed by atoms with E-state index < -0.39 is 0 Å². The van der Waals surface area contributed by atoms with Crippen LogP contribution in [0.2, 0.25) is 5.02 Å². The zero-order chi connectivity index (χ0) is 14.5. The number of anilines is 1. The summed E-state index contributed by atoms with van der Waals surface area (Å²) in [5.41, 5.74) is 2.49. The second kappa shape index (κ2) is 6.58. The molecule has 1 N–H and O–H groups in total. The number of hydrogen-bond acceptors (Lipinski definition) is 1. The molecule has 2 aromatic carbocycles. The first kappa shape index (κ1) is 14.6. The van der Waals surface area contributed by atoms with Crippen molar-refractivity contribution in [3.05, 3.63) is 64.7 Å². The molecule has 0 saturated heterocycles. The van der Waals surface area contributed by atoms with Gasteiger partial charge in [-0.3, -0.25) is 4.79 Å². The zero-order valence-corrected chi connectivity index (χ0v) is 12.4.